The van der Waals surface area contributed by atoms with Crippen LogP contribution < -0.4 is 9.47 Å². The zero-order valence-electron chi connectivity index (χ0n) is 10.9. The van der Waals surface area contributed by atoms with Crippen molar-refractivity contribution in [2.24, 2.45) is 5.92 Å². The third-order valence-electron chi connectivity index (χ3n) is 2.63. The van der Waals surface area contributed by atoms with Gasteiger partial charge in [0, 0.05) is 0 Å². The summed E-state index contributed by atoms with van der Waals surface area (Å²) in [4.78, 5) is 0. The molecule has 0 bridgehead atoms. The Labute approximate surface area is 130 Å². The fourth-order valence-electron chi connectivity index (χ4n) is 1.52. The van der Waals surface area contributed by atoms with Crippen LogP contribution >= 0.6 is 28.6 Å². The fourth-order valence-corrected chi connectivity index (χ4v) is 2.40. The number of alkyl halides is 3. The minimum atomic E-state index is -4.70. The zero-order chi connectivity index (χ0) is 15.2. The van der Waals surface area contributed by atoms with Gasteiger partial charge in [0.25, 0.3) is 0 Å². The Hall–Kier alpha value is -0.560. The van der Waals surface area contributed by atoms with Crippen molar-refractivity contribution in [2.45, 2.75) is 26.1 Å². The number of hydrogen-bond acceptors (Lipinski definition) is 3. The molecule has 0 aliphatic carbocycles. The van der Waals surface area contributed by atoms with Gasteiger partial charge in [-0.1, -0.05) is 6.92 Å². The first-order chi connectivity index (χ1) is 9.31. The maximum atomic E-state index is 12.1. The van der Waals surface area contributed by atoms with Crippen LogP contribution in [-0.4, -0.2) is 18.7 Å². The highest BCUT2D eigenvalue weighted by molar-refractivity contribution is 9.10. The van der Waals surface area contributed by atoms with Gasteiger partial charge >= 0.3 is 6.36 Å². The van der Waals surface area contributed by atoms with Crippen molar-refractivity contribution in [2.75, 3.05) is 12.4 Å². The molecule has 0 saturated heterocycles. The summed E-state index contributed by atoms with van der Waals surface area (Å²) in [7, 11) is 0. The highest BCUT2D eigenvalue weighted by atomic mass is 79.9. The van der Waals surface area contributed by atoms with Crippen LogP contribution in [0.1, 0.15) is 19.8 Å². The van der Waals surface area contributed by atoms with Crippen LogP contribution in [0.3, 0.4) is 0 Å². The molecule has 2 nitrogen and oxygen atoms in total. The van der Waals surface area contributed by atoms with Crippen molar-refractivity contribution < 1.29 is 22.6 Å². The lowest BCUT2D eigenvalue weighted by molar-refractivity contribution is -0.274. The second kappa shape index (κ2) is 8.02. The van der Waals surface area contributed by atoms with Gasteiger partial charge in [0.15, 0.2) is 0 Å². The minimum absolute atomic E-state index is 0.204. The molecular formula is C13H16BrF3O2S. The van der Waals surface area contributed by atoms with Gasteiger partial charge in [-0.15, -0.1) is 13.2 Å². The molecule has 0 aromatic heterocycles. The Morgan fingerprint density at radius 2 is 2.00 bits per heavy atom. The second-order valence-electron chi connectivity index (χ2n) is 4.39. The molecule has 0 saturated carbocycles. The number of hydrogen-bond donors (Lipinski definition) is 1. The highest BCUT2D eigenvalue weighted by Gasteiger charge is 2.31. The van der Waals surface area contributed by atoms with Crippen molar-refractivity contribution in [1.29, 1.82) is 0 Å². The first-order valence-electron chi connectivity index (χ1n) is 6.11. The Kier molecular flexibility index (Phi) is 7.02. The Balaban J connectivity index is 2.51. The van der Waals surface area contributed by atoms with Gasteiger partial charge in [-0.2, -0.15) is 12.6 Å². The van der Waals surface area contributed by atoms with Gasteiger partial charge in [-0.25, -0.2) is 0 Å². The normalized spacial score (nSPS) is 13.1. The first-order valence-corrected chi connectivity index (χ1v) is 7.53. The van der Waals surface area contributed by atoms with Crippen LogP contribution in [0.5, 0.6) is 11.5 Å². The molecule has 0 spiro atoms. The molecule has 0 fully saturated rings. The number of rotatable bonds is 7. The van der Waals surface area contributed by atoms with Crippen LogP contribution in [-0.2, 0) is 0 Å². The highest BCUT2D eigenvalue weighted by Crippen LogP contribution is 2.33. The summed E-state index contributed by atoms with van der Waals surface area (Å²) < 4.78 is 45.9. The number of halogens is 4. The van der Waals surface area contributed by atoms with Gasteiger partial charge in [0.2, 0.25) is 0 Å². The van der Waals surface area contributed by atoms with E-state index in [0.29, 0.717) is 18.3 Å². The van der Waals surface area contributed by atoms with Gasteiger partial charge in [0.05, 0.1) is 11.1 Å². The first kappa shape index (κ1) is 17.5. The van der Waals surface area contributed by atoms with Gasteiger partial charge in [-0.05, 0) is 58.6 Å². The molecule has 1 aromatic rings. The summed E-state index contributed by atoms with van der Waals surface area (Å²) >= 11 is 7.19. The number of thiol groups is 1. The Morgan fingerprint density at radius 3 is 2.55 bits per heavy atom. The molecule has 1 aromatic carbocycles. The fraction of sp³-hybridized carbons (Fsp3) is 0.538. The SMILES string of the molecule is CC(CCS)CCOc1ccc(OC(F)(F)F)c(Br)c1. The van der Waals surface area contributed by atoms with E-state index in [9.17, 15) is 13.2 Å². The monoisotopic (exact) mass is 372 g/mol. The molecule has 1 unspecified atom stereocenters. The van der Waals surface area contributed by atoms with E-state index in [-0.39, 0.29) is 10.2 Å². The summed E-state index contributed by atoms with van der Waals surface area (Å²) in [5.74, 6) is 1.55. The summed E-state index contributed by atoms with van der Waals surface area (Å²) in [6.07, 6.45) is -2.82. The molecule has 0 amide bonds. The molecule has 1 atom stereocenters. The minimum Gasteiger partial charge on any atom is -0.494 e. The van der Waals surface area contributed by atoms with Crippen LogP contribution in [0.25, 0.3) is 0 Å². The zero-order valence-corrected chi connectivity index (χ0v) is 13.4. The summed E-state index contributed by atoms with van der Waals surface area (Å²) in [5, 5.41) is 0. The molecule has 0 radical (unpaired) electrons. The summed E-state index contributed by atoms with van der Waals surface area (Å²) in [5.41, 5.74) is 0. The van der Waals surface area contributed by atoms with Crippen molar-refractivity contribution >= 4 is 28.6 Å². The number of ether oxygens (including phenoxy) is 2. The second-order valence-corrected chi connectivity index (χ2v) is 5.70. The third-order valence-corrected chi connectivity index (χ3v) is 3.51. The van der Waals surface area contributed by atoms with Crippen LogP contribution in [0.4, 0.5) is 13.2 Å². The predicted molar refractivity (Wildman–Crippen MR) is 78.6 cm³/mol. The summed E-state index contributed by atoms with van der Waals surface area (Å²) in [6, 6.07) is 4.14. The molecule has 0 aliphatic heterocycles. The molecule has 0 aliphatic rings. The average Bonchev–Trinajstić information content (AvgIpc) is 2.31. The third kappa shape index (κ3) is 6.74. The smallest absolute Gasteiger partial charge is 0.494 e. The topological polar surface area (TPSA) is 18.5 Å². The van der Waals surface area contributed by atoms with E-state index in [1.165, 1.54) is 18.2 Å². The molecular weight excluding hydrogens is 357 g/mol. The number of benzene rings is 1. The van der Waals surface area contributed by atoms with Gasteiger partial charge < -0.3 is 9.47 Å². The summed E-state index contributed by atoms with van der Waals surface area (Å²) in [6.45, 7) is 2.62. The van der Waals surface area contributed by atoms with Crippen LogP contribution in [0.2, 0.25) is 0 Å². The van der Waals surface area contributed by atoms with Crippen molar-refractivity contribution in [3.8, 4) is 11.5 Å². The van der Waals surface area contributed by atoms with E-state index < -0.39 is 6.36 Å². The largest absolute Gasteiger partial charge is 0.573 e. The quantitative estimate of drug-likeness (QED) is 0.673. The van der Waals surface area contributed by atoms with E-state index in [2.05, 4.69) is 40.2 Å². The van der Waals surface area contributed by atoms with Crippen molar-refractivity contribution in [1.82, 2.24) is 0 Å². The maximum Gasteiger partial charge on any atom is 0.573 e. The van der Waals surface area contributed by atoms with Crippen LogP contribution in [0.15, 0.2) is 22.7 Å². The van der Waals surface area contributed by atoms with E-state index >= 15 is 0 Å². The standard InChI is InChI=1S/C13H16BrF3O2S/c1-9(5-7-20)4-6-18-10-2-3-12(11(14)8-10)19-13(15,16)17/h2-3,8-9,20H,4-7H2,1H3. The molecule has 0 heterocycles. The lowest BCUT2D eigenvalue weighted by Crippen LogP contribution is -2.17. The molecule has 0 N–H and O–H groups in total. The van der Waals surface area contributed by atoms with Crippen molar-refractivity contribution in [3.05, 3.63) is 22.7 Å². The molecule has 7 heteroatoms. The Morgan fingerprint density at radius 1 is 1.30 bits per heavy atom. The van der Waals surface area contributed by atoms with Crippen LogP contribution in [0, 0.1) is 5.92 Å². The Bertz CT molecular complexity index is 427. The van der Waals surface area contributed by atoms with E-state index in [1.807, 2.05) is 0 Å². The molecule has 1 rings (SSSR count). The maximum absolute atomic E-state index is 12.1. The van der Waals surface area contributed by atoms with E-state index in [0.717, 1.165) is 18.6 Å². The van der Waals surface area contributed by atoms with E-state index in [1.54, 1.807) is 0 Å². The van der Waals surface area contributed by atoms with Gasteiger partial charge in [-0.3, -0.25) is 0 Å². The van der Waals surface area contributed by atoms with Gasteiger partial charge in [0.1, 0.15) is 11.5 Å². The van der Waals surface area contributed by atoms with E-state index in [4.69, 9.17) is 4.74 Å². The average molecular weight is 373 g/mol. The predicted octanol–water partition coefficient (Wildman–Crippen LogP) is 5.07. The molecule has 114 valence electrons. The lowest BCUT2D eigenvalue weighted by Gasteiger charge is -2.13. The lowest BCUT2D eigenvalue weighted by atomic mass is 10.1. The van der Waals surface area contributed by atoms with Crippen molar-refractivity contribution in [3.63, 3.8) is 0 Å². The molecule has 20 heavy (non-hydrogen) atoms.